The zero-order valence-electron chi connectivity index (χ0n) is 12.2. The maximum absolute atomic E-state index is 11.4. The molecule has 3 nitrogen and oxygen atoms in total. The summed E-state index contributed by atoms with van der Waals surface area (Å²) in [5.74, 6) is 0.623. The van der Waals surface area contributed by atoms with Gasteiger partial charge in [0.15, 0.2) is 6.29 Å². The van der Waals surface area contributed by atoms with Gasteiger partial charge in [-0.15, -0.1) is 11.3 Å². The van der Waals surface area contributed by atoms with Gasteiger partial charge in [-0.05, 0) is 29.2 Å². The van der Waals surface area contributed by atoms with Crippen LogP contribution in [0.15, 0.2) is 35.8 Å². The highest BCUT2D eigenvalue weighted by Gasteiger charge is 2.14. The standard InChI is InChI=1S/C17H18N2OS/c1-12(2)6-8-19-10-14(11-20)16(18-19)15-5-3-4-13-7-9-21-17(13)15/h3-5,7,9-12H,6,8H2,1-2H3. The van der Waals surface area contributed by atoms with Crippen LogP contribution in [-0.4, -0.2) is 16.1 Å². The van der Waals surface area contributed by atoms with Gasteiger partial charge >= 0.3 is 0 Å². The Balaban J connectivity index is 2.05. The largest absolute Gasteiger partial charge is 0.298 e. The Bertz CT molecular complexity index is 770. The minimum atomic E-state index is 0.623. The molecule has 1 aromatic carbocycles. The first-order valence-corrected chi connectivity index (χ1v) is 8.06. The summed E-state index contributed by atoms with van der Waals surface area (Å²) in [6, 6.07) is 8.25. The smallest absolute Gasteiger partial charge is 0.153 e. The van der Waals surface area contributed by atoms with Crippen molar-refractivity contribution in [2.45, 2.75) is 26.8 Å². The molecule has 0 saturated carbocycles. The van der Waals surface area contributed by atoms with Crippen LogP contribution in [0.3, 0.4) is 0 Å². The maximum atomic E-state index is 11.4. The fourth-order valence-corrected chi connectivity index (χ4v) is 3.33. The average molecular weight is 298 g/mol. The highest BCUT2D eigenvalue weighted by atomic mass is 32.1. The zero-order chi connectivity index (χ0) is 14.8. The second-order valence-electron chi connectivity index (χ2n) is 5.64. The molecule has 3 aromatic rings. The number of nitrogens with zero attached hydrogens (tertiary/aromatic N) is 2. The van der Waals surface area contributed by atoms with E-state index in [9.17, 15) is 4.79 Å². The van der Waals surface area contributed by atoms with E-state index in [2.05, 4.69) is 36.5 Å². The quantitative estimate of drug-likeness (QED) is 0.644. The third-order valence-corrected chi connectivity index (χ3v) is 4.55. The minimum Gasteiger partial charge on any atom is -0.298 e. The first kappa shape index (κ1) is 14.0. The zero-order valence-corrected chi connectivity index (χ0v) is 13.1. The van der Waals surface area contributed by atoms with E-state index in [1.165, 1.54) is 10.1 Å². The number of aromatic nitrogens is 2. The van der Waals surface area contributed by atoms with Crippen molar-refractivity contribution < 1.29 is 4.79 Å². The lowest BCUT2D eigenvalue weighted by Crippen LogP contribution is -2.02. The molecule has 108 valence electrons. The van der Waals surface area contributed by atoms with Gasteiger partial charge in [0.2, 0.25) is 0 Å². The van der Waals surface area contributed by atoms with Crippen molar-refractivity contribution in [3.8, 4) is 11.3 Å². The monoisotopic (exact) mass is 298 g/mol. The van der Waals surface area contributed by atoms with E-state index in [4.69, 9.17) is 0 Å². The molecule has 0 aliphatic carbocycles. The van der Waals surface area contributed by atoms with Crippen molar-refractivity contribution in [1.82, 2.24) is 9.78 Å². The number of rotatable bonds is 5. The predicted molar refractivity (Wildman–Crippen MR) is 87.9 cm³/mol. The molecule has 0 bridgehead atoms. The van der Waals surface area contributed by atoms with Crippen LogP contribution in [0.2, 0.25) is 0 Å². The molecular weight excluding hydrogens is 280 g/mol. The van der Waals surface area contributed by atoms with Gasteiger partial charge in [-0.25, -0.2) is 0 Å². The molecule has 0 spiro atoms. The van der Waals surface area contributed by atoms with Gasteiger partial charge in [-0.1, -0.05) is 32.0 Å². The van der Waals surface area contributed by atoms with Crippen LogP contribution in [0.4, 0.5) is 0 Å². The number of aryl methyl sites for hydroxylation is 1. The fraction of sp³-hybridized carbons (Fsp3) is 0.294. The van der Waals surface area contributed by atoms with Crippen LogP contribution in [-0.2, 0) is 6.54 Å². The molecule has 0 radical (unpaired) electrons. The molecule has 0 unspecified atom stereocenters. The van der Waals surface area contributed by atoms with Crippen molar-refractivity contribution in [2.24, 2.45) is 5.92 Å². The lowest BCUT2D eigenvalue weighted by molar-refractivity contribution is 0.112. The summed E-state index contributed by atoms with van der Waals surface area (Å²) in [5.41, 5.74) is 2.51. The Morgan fingerprint density at radius 3 is 2.95 bits per heavy atom. The van der Waals surface area contributed by atoms with Crippen molar-refractivity contribution in [3.63, 3.8) is 0 Å². The molecule has 0 aliphatic rings. The SMILES string of the molecule is CC(C)CCn1cc(C=O)c(-c2cccc3ccsc23)n1. The number of carbonyl (C=O) groups excluding carboxylic acids is 1. The van der Waals surface area contributed by atoms with Gasteiger partial charge in [0.25, 0.3) is 0 Å². The molecule has 0 aliphatic heterocycles. The van der Waals surface area contributed by atoms with Crippen LogP contribution >= 0.6 is 11.3 Å². The molecule has 0 atom stereocenters. The summed E-state index contributed by atoms with van der Waals surface area (Å²) in [6.07, 6.45) is 3.82. The number of hydrogen-bond donors (Lipinski definition) is 0. The van der Waals surface area contributed by atoms with Crippen LogP contribution in [0.1, 0.15) is 30.6 Å². The van der Waals surface area contributed by atoms with Crippen molar-refractivity contribution in [1.29, 1.82) is 0 Å². The van der Waals surface area contributed by atoms with Gasteiger partial charge in [-0.2, -0.15) is 5.10 Å². The molecule has 2 heterocycles. The molecule has 0 fully saturated rings. The van der Waals surface area contributed by atoms with Crippen LogP contribution in [0.25, 0.3) is 21.3 Å². The molecular formula is C17H18N2OS. The molecule has 0 N–H and O–H groups in total. The summed E-state index contributed by atoms with van der Waals surface area (Å²) in [4.78, 5) is 11.4. The average Bonchev–Trinajstić information content (AvgIpc) is 3.11. The van der Waals surface area contributed by atoms with Crippen molar-refractivity contribution >= 4 is 27.7 Å². The van der Waals surface area contributed by atoms with Gasteiger partial charge in [0.1, 0.15) is 5.69 Å². The number of thiophene rings is 1. The normalized spacial score (nSPS) is 11.4. The summed E-state index contributed by atoms with van der Waals surface area (Å²) < 4.78 is 3.08. The van der Waals surface area contributed by atoms with Gasteiger partial charge in [-0.3, -0.25) is 9.48 Å². The molecule has 21 heavy (non-hydrogen) atoms. The fourth-order valence-electron chi connectivity index (χ4n) is 2.42. The number of hydrogen-bond acceptors (Lipinski definition) is 3. The van der Waals surface area contributed by atoms with Crippen LogP contribution < -0.4 is 0 Å². The number of fused-ring (bicyclic) bond motifs is 1. The summed E-state index contributed by atoms with van der Waals surface area (Å²) in [7, 11) is 0. The third-order valence-electron chi connectivity index (χ3n) is 3.59. The summed E-state index contributed by atoms with van der Waals surface area (Å²) in [6.45, 7) is 5.23. The Labute approximate surface area is 128 Å². The second kappa shape index (κ2) is 5.82. The Hall–Kier alpha value is -1.94. The van der Waals surface area contributed by atoms with E-state index >= 15 is 0 Å². The van der Waals surface area contributed by atoms with Gasteiger partial charge in [0.05, 0.1) is 5.56 Å². The van der Waals surface area contributed by atoms with E-state index in [0.29, 0.717) is 11.5 Å². The topological polar surface area (TPSA) is 34.9 Å². The lowest BCUT2D eigenvalue weighted by atomic mass is 10.1. The number of benzene rings is 1. The van der Waals surface area contributed by atoms with Crippen LogP contribution in [0, 0.1) is 5.92 Å². The van der Waals surface area contributed by atoms with Crippen LogP contribution in [0.5, 0.6) is 0 Å². The van der Waals surface area contributed by atoms with Gasteiger partial charge in [0, 0.05) is 23.0 Å². The van der Waals surface area contributed by atoms with E-state index in [1.54, 1.807) is 11.3 Å². The first-order valence-electron chi connectivity index (χ1n) is 7.18. The Morgan fingerprint density at radius 1 is 1.33 bits per heavy atom. The molecule has 2 aromatic heterocycles. The summed E-state index contributed by atoms with van der Waals surface area (Å²) >= 11 is 1.69. The van der Waals surface area contributed by atoms with Crippen molar-refractivity contribution in [2.75, 3.05) is 0 Å². The molecule has 0 saturated heterocycles. The van der Waals surface area contributed by atoms with Gasteiger partial charge < -0.3 is 0 Å². The number of carbonyl (C=O) groups is 1. The lowest BCUT2D eigenvalue weighted by Gasteiger charge is -2.04. The predicted octanol–water partition coefficient (Wildman–Crippen LogP) is 4.62. The second-order valence-corrected chi connectivity index (χ2v) is 6.56. The first-order chi connectivity index (χ1) is 10.2. The molecule has 3 rings (SSSR count). The Kier molecular flexibility index (Phi) is 3.88. The maximum Gasteiger partial charge on any atom is 0.153 e. The summed E-state index contributed by atoms with van der Waals surface area (Å²) in [5, 5.41) is 7.92. The van der Waals surface area contributed by atoms with E-state index < -0.39 is 0 Å². The number of aldehydes is 1. The minimum absolute atomic E-state index is 0.623. The highest BCUT2D eigenvalue weighted by Crippen LogP contribution is 2.33. The molecule has 4 heteroatoms. The Morgan fingerprint density at radius 2 is 2.19 bits per heavy atom. The molecule has 0 amide bonds. The van der Waals surface area contributed by atoms with E-state index in [-0.39, 0.29) is 0 Å². The third kappa shape index (κ3) is 2.76. The van der Waals surface area contributed by atoms with Crippen molar-refractivity contribution in [3.05, 3.63) is 41.4 Å². The van der Waals surface area contributed by atoms with E-state index in [0.717, 1.165) is 30.5 Å². The highest BCUT2D eigenvalue weighted by molar-refractivity contribution is 7.17. The van der Waals surface area contributed by atoms with E-state index in [1.807, 2.05) is 23.0 Å².